The van der Waals surface area contributed by atoms with E-state index in [9.17, 15) is 4.57 Å². The summed E-state index contributed by atoms with van der Waals surface area (Å²) in [5.41, 5.74) is 0. The second kappa shape index (κ2) is 7.12. The molecule has 1 N–H and O–H groups in total. The number of benzene rings is 1. The van der Waals surface area contributed by atoms with E-state index in [2.05, 4.69) is 9.97 Å². The minimum absolute atomic E-state index is 0.294. The Bertz CT molecular complexity index is 403. The number of halogens is 1. The van der Waals surface area contributed by atoms with Gasteiger partial charge in [0.2, 0.25) is 0 Å². The van der Waals surface area contributed by atoms with Crippen LogP contribution in [0.5, 0.6) is 5.75 Å². The molecule has 1 aromatic rings. The predicted octanol–water partition coefficient (Wildman–Crippen LogP) is 3.36. The molecule has 7 heteroatoms. The lowest BCUT2D eigenvalue weighted by atomic mass is 10.2. The fourth-order valence-corrected chi connectivity index (χ4v) is 3.07. The molecule has 0 spiro atoms. The highest BCUT2D eigenvalue weighted by Gasteiger charge is 2.27. The lowest BCUT2D eigenvalue weighted by molar-refractivity contribution is -0.304. The van der Waals surface area contributed by atoms with Crippen LogP contribution in [0.2, 0.25) is 0 Å². The Labute approximate surface area is 112 Å². The summed E-state index contributed by atoms with van der Waals surface area (Å²) in [4.78, 5) is 9.45. The maximum Gasteiger partial charge on any atom is 0.409 e. The highest BCUT2D eigenvalue weighted by Crippen LogP contribution is 2.48. The van der Waals surface area contributed by atoms with E-state index >= 15 is 0 Å². The van der Waals surface area contributed by atoms with Gasteiger partial charge in [0.1, 0.15) is 11.9 Å². The predicted molar refractivity (Wildman–Crippen MR) is 70.7 cm³/mol. The summed E-state index contributed by atoms with van der Waals surface area (Å²) in [6, 6.07) is 8.43. The SMILES string of the molecule is COOC(C)[C@H](C)NP(=O)(Cl)Oc1ccccc1. The van der Waals surface area contributed by atoms with Crippen molar-refractivity contribution in [3.05, 3.63) is 30.3 Å². The first kappa shape index (κ1) is 15.5. The van der Waals surface area contributed by atoms with Gasteiger partial charge in [0.05, 0.1) is 7.11 Å². The van der Waals surface area contributed by atoms with Crippen LogP contribution in [0.15, 0.2) is 30.3 Å². The Morgan fingerprint density at radius 3 is 2.44 bits per heavy atom. The first-order chi connectivity index (χ1) is 8.44. The number of hydrogen-bond donors (Lipinski definition) is 1. The van der Waals surface area contributed by atoms with Gasteiger partial charge in [0, 0.05) is 17.3 Å². The average Bonchev–Trinajstić information content (AvgIpc) is 2.29. The van der Waals surface area contributed by atoms with Crippen molar-refractivity contribution in [1.29, 1.82) is 0 Å². The third-order valence-corrected chi connectivity index (χ3v) is 3.94. The molecular weight excluding hydrogens is 277 g/mol. The van der Waals surface area contributed by atoms with Gasteiger partial charge < -0.3 is 4.52 Å². The summed E-state index contributed by atoms with van der Waals surface area (Å²) in [5.74, 6) is 0.441. The molecule has 1 aromatic carbocycles. The van der Waals surface area contributed by atoms with Crippen molar-refractivity contribution in [1.82, 2.24) is 5.09 Å². The van der Waals surface area contributed by atoms with Gasteiger partial charge in [-0.2, -0.15) is 0 Å². The van der Waals surface area contributed by atoms with Gasteiger partial charge in [0.25, 0.3) is 0 Å². The van der Waals surface area contributed by atoms with Crippen LogP contribution < -0.4 is 9.61 Å². The van der Waals surface area contributed by atoms with E-state index in [-0.39, 0.29) is 12.1 Å². The van der Waals surface area contributed by atoms with Gasteiger partial charge in [-0.05, 0) is 26.0 Å². The molecule has 0 aliphatic rings. The van der Waals surface area contributed by atoms with Crippen LogP contribution >= 0.6 is 18.1 Å². The number of rotatable bonds is 7. The van der Waals surface area contributed by atoms with E-state index in [0.717, 1.165) is 0 Å². The van der Waals surface area contributed by atoms with Crippen LogP contribution in [0.4, 0.5) is 0 Å². The van der Waals surface area contributed by atoms with Crippen molar-refractivity contribution in [2.45, 2.75) is 26.0 Å². The quantitative estimate of drug-likeness (QED) is 0.474. The lowest BCUT2D eigenvalue weighted by Crippen LogP contribution is -2.35. The molecular formula is C11H17ClNO4P. The second-order valence-corrected chi connectivity index (χ2v) is 6.50. The summed E-state index contributed by atoms with van der Waals surface area (Å²) in [5, 5.41) is 2.68. The van der Waals surface area contributed by atoms with Gasteiger partial charge >= 0.3 is 6.87 Å². The minimum atomic E-state index is -3.46. The van der Waals surface area contributed by atoms with E-state index in [4.69, 9.17) is 20.7 Å². The van der Waals surface area contributed by atoms with E-state index in [1.54, 1.807) is 38.1 Å². The first-order valence-electron chi connectivity index (χ1n) is 5.46. The Morgan fingerprint density at radius 2 is 1.89 bits per heavy atom. The van der Waals surface area contributed by atoms with E-state index in [1.807, 2.05) is 6.07 Å². The van der Waals surface area contributed by atoms with E-state index in [0.29, 0.717) is 5.75 Å². The maximum atomic E-state index is 12.0. The highest BCUT2D eigenvalue weighted by molar-refractivity contribution is 7.84. The molecule has 0 aliphatic carbocycles. The fraction of sp³-hybridized carbons (Fsp3) is 0.455. The monoisotopic (exact) mass is 293 g/mol. The molecule has 0 saturated heterocycles. The van der Waals surface area contributed by atoms with Crippen LogP contribution in [-0.2, 0) is 14.3 Å². The number of hydrogen-bond acceptors (Lipinski definition) is 4. The third-order valence-electron chi connectivity index (χ3n) is 2.28. The Balaban J connectivity index is 2.57. The second-order valence-electron chi connectivity index (χ2n) is 3.77. The zero-order valence-corrected chi connectivity index (χ0v) is 12.1. The molecule has 1 rings (SSSR count). The smallest absolute Gasteiger partial charge is 0.409 e. The normalized spacial score (nSPS) is 17.8. The van der Waals surface area contributed by atoms with Gasteiger partial charge in [-0.15, -0.1) is 0 Å². The van der Waals surface area contributed by atoms with Gasteiger partial charge in [0.15, 0.2) is 0 Å². The summed E-state index contributed by atoms with van der Waals surface area (Å²) < 4.78 is 17.3. The zero-order chi connectivity index (χ0) is 13.6. The largest absolute Gasteiger partial charge is 0.422 e. The number of para-hydroxylation sites is 1. The van der Waals surface area contributed by atoms with Crippen molar-refractivity contribution in [3.63, 3.8) is 0 Å². The van der Waals surface area contributed by atoms with E-state index in [1.165, 1.54) is 7.11 Å². The zero-order valence-electron chi connectivity index (χ0n) is 10.5. The minimum Gasteiger partial charge on any atom is -0.422 e. The molecule has 0 amide bonds. The third kappa shape index (κ3) is 5.38. The molecule has 5 nitrogen and oxygen atoms in total. The summed E-state index contributed by atoms with van der Waals surface area (Å²) >= 11 is 5.84. The Hall–Kier alpha value is -0.580. The van der Waals surface area contributed by atoms with Crippen molar-refractivity contribution < 1.29 is 18.9 Å². The lowest BCUT2D eigenvalue weighted by Gasteiger charge is -2.22. The number of nitrogens with one attached hydrogen (secondary N) is 1. The standard InChI is InChI=1S/C11H17ClNO4P/c1-9(10(2)16-15-3)13-18(12,14)17-11-7-5-4-6-8-11/h4-10H,1-3H3,(H,13,14)/t9-,10?,18?/m0/s1. The Morgan fingerprint density at radius 1 is 1.28 bits per heavy atom. The van der Waals surface area contributed by atoms with Gasteiger partial charge in [-0.3, -0.25) is 0 Å². The van der Waals surface area contributed by atoms with Gasteiger partial charge in [-0.1, -0.05) is 18.2 Å². The molecule has 0 fully saturated rings. The van der Waals surface area contributed by atoms with Crippen molar-refractivity contribution in [3.8, 4) is 5.75 Å². The van der Waals surface area contributed by atoms with Gasteiger partial charge in [-0.25, -0.2) is 19.4 Å². The van der Waals surface area contributed by atoms with Crippen molar-refractivity contribution in [2.24, 2.45) is 0 Å². The summed E-state index contributed by atoms with van der Waals surface area (Å²) in [7, 11) is 1.41. The maximum absolute atomic E-state index is 12.0. The van der Waals surface area contributed by atoms with Crippen LogP contribution in [0.1, 0.15) is 13.8 Å². The molecule has 3 atom stereocenters. The first-order valence-corrected chi connectivity index (χ1v) is 7.99. The topological polar surface area (TPSA) is 56.8 Å². The molecule has 0 bridgehead atoms. The molecule has 0 aliphatic heterocycles. The molecule has 2 unspecified atom stereocenters. The fourth-order valence-electron chi connectivity index (χ4n) is 1.23. The molecule has 0 heterocycles. The van der Waals surface area contributed by atoms with E-state index < -0.39 is 6.87 Å². The highest BCUT2D eigenvalue weighted by atomic mass is 35.7. The van der Waals surface area contributed by atoms with Crippen molar-refractivity contribution in [2.75, 3.05) is 7.11 Å². The molecule has 102 valence electrons. The van der Waals surface area contributed by atoms with Crippen LogP contribution in [0, 0.1) is 0 Å². The van der Waals surface area contributed by atoms with Crippen LogP contribution in [0.25, 0.3) is 0 Å². The molecule has 18 heavy (non-hydrogen) atoms. The van der Waals surface area contributed by atoms with Crippen LogP contribution in [0.3, 0.4) is 0 Å². The molecule has 0 saturated carbocycles. The molecule has 0 radical (unpaired) electrons. The van der Waals surface area contributed by atoms with Crippen molar-refractivity contribution >= 4 is 18.1 Å². The summed E-state index contributed by atoms with van der Waals surface area (Å²) in [6.07, 6.45) is -0.318. The average molecular weight is 294 g/mol. The Kier molecular flexibility index (Phi) is 6.12. The molecule has 0 aromatic heterocycles. The summed E-state index contributed by atoms with van der Waals surface area (Å²) in [6.45, 7) is 0.0739. The van der Waals surface area contributed by atoms with Crippen LogP contribution in [-0.4, -0.2) is 19.3 Å².